The van der Waals surface area contributed by atoms with Crippen molar-refractivity contribution in [2.24, 2.45) is 0 Å². The molecule has 0 bridgehead atoms. The fourth-order valence-corrected chi connectivity index (χ4v) is 5.43. The maximum Gasteiger partial charge on any atom is 0.336 e. The number of thiophene rings is 1. The summed E-state index contributed by atoms with van der Waals surface area (Å²) in [6.07, 6.45) is 0. The van der Waals surface area contributed by atoms with E-state index in [-0.39, 0.29) is 22.7 Å². The lowest BCUT2D eigenvalue weighted by Crippen LogP contribution is -2.41. The summed E-state index contributed by atoms with van der Waals surface area (Å²) in [5.41, 5.74) is 0.900. The maximum atomic E-state index is 13.4. The second kappa shape index (κ2) is 9.91. The number of sulfonamides is 1. The number of benzene rings is 2. The average molecular weight is 513 g/mol. The molecular weight excluding hydrogens is 495 g/mol. The Balaban J connectivity index is 1.88. The number of nitrogens with one attached hydrogen (secondary N) is 1. The largest absolute Gasteiger partial charge is 0.478 e. The Morgan fingerprint density at radius 2 is 1.81 bits per heavy atom. The van der Waals surface area contributed by atoms with Crippen LogP contribution in [0.2, 0.25) is 10.0 Å². The van der Waals surface area contributed by atoms with Crippen LogP contribution in [0.15, 0.2) is 58.8 Å². The molecule has 2 aromatic carbocycles. The van der Waals surface area contributed by atoms with Crippen LogP contribution in [-0.2, 0) is 21.4 Å². The van der Waals surface area contributed by atoms with Gasteiger partial charge in [-0.2, -0.15) is 0 Å². The summed E-state index contributed by atoms with van der Waals surface area (Å²) >= 11 is 13.3. The summed E-state index contributed by atoms with van der Waals surface area (Å²) in [6, 6.07) is 11.9. The molecule has 32 heavy (non-hydrogen) atoms. The molecule has 11 heteroatoms. The van der Waals surface area contributed by atoms with Crippen LogP contribution in [0.4, 0.5) is 5.69 Å². The van der Waals surface area contributed by atoms with Crippen molar-refractivity contribution in [3.05, 3.63) is 80.0 Å². The van der Waals surface area contributed by atoms with Crippen LogP contribution in [-0.4, -0.2) is 31.9 Å². The van der Waals surface area contributed by atoms with Crippen molar-refractivity contribution in [3.63, 3.8) is 0 Å². The molecule has 0 unspecified atom stereocenters. The van der Waals surface area contributed by atoms with E-state index in [2.05, 4.69) is 5.32 Å². The van der Waals surface area contributed by atoms with Gasteiger partial charge in [0.1, 0.15) is 6.54 Å². The van der Waals surface area contributed by atoms with E-state index in [0.717, 1.165) is 4.31 Å². The maximum absolute atomic E-state index is 13.4. The zero-order valence-corrected chi connectivity index (χ0v) is 19.9. The molecule has 0 saturated carbocycles. The molecule has 0 atom stereocenters. The molecule has 1 aromatic heterocycles. The minimum Gasteiger partial charge on any atom is -0.478 e. The number of carbonyl (C=O) groups is 2. The zero-order valence-electron chi connectivity index (χ0n) is 16.7. The van der Waals surface area contributed by atoms with Crippen LogP contribution in [0.5, 0.6) is 0 Å². The van der Waals surface area contributed by atoms with E-state index >= 15 is 0 Å². The SMILES string of the molecule is Cc1c(Cl)cccc1N(CC(=O)NCc1cc(C(=O)O)cs1)S(=O)(=O)c1ccc(Cl)cc1. The van der Waals surface area contributed by atoms with Crippen LogP contribution in [0, 0.1) is 6.92 Å². The number of rotatable bonds is 8. The zero-order chi connectivity index (χ0) is 23.5. The Kier molecular flexibility index (Phi) is 7.45. The summed E-state index contributed by atoms with van der Waals surface area (Å²) in [5.74, 6) is -1.62. The van der Waals surface area contributed by atoms with Gasteiger partial charge in [0.05, 0.1) is 22.7 Å². The van der Waals surface area contributed by atoms with Gasteiger partial charge < -0.3 is 10.4 Å². The quantitative estimate of drug-likeness (QED) is 0.459. The summed E-state index contributed by atoms with van der Waals surface area (Å²) in [7, 11) is -4.12. The predicted molar refractivity (Wildman–Crippen MR) is 125 cm³/mol. The summed E-state index contributed by atoms with van der Waals surface area (Å²) in [4.78, 5) is 24.3. The van der Waals surface area contributed by atoms with Crippen LogP contribution >= 0.6 is 34.5 Å². The van der Waals surface area contributed by atoms with E-state index in [9.17, 15) is 18.0 Å². The molecule has 168 valence electrons. The molecule has 3 rings (SSSR count). The fourth-order valence-electron chi connectivity index (χ4n) is 2.86. The minimum atomic E-state index is -4.12. The molecule has 0 saturated heterocycles. The van der Waals surface area contributed by atoms with E-state index in [1.807, 2.05) is 0 Å². The van der Waals surface area contributed by atoms with E-state index < -0.39 is 28.4 Å². The topological polar surface area (TPSA) is 104 Å². The highest BCUT2D eigenvalue weighted by Crippen LogP contribution is 2.31. The van der Waals surface area contributed by atoms with E-state index in [4.69, 9.17) is 28.3 Å². The molecule has 1 heterocycles. The Morgan fingerprint density at radius 1 is 1.12 bits per heavy atom. The van der Waals surface area contributed by atoms with Gasteiger partial charge in [0.15, 0.2) is 0 Å². The number of nitrogens with zero attached hydrogens (tertiary/aromatic N) is 1. The number of carbonyl (C=O) groups excluding carboxylic acids is 1. The number of aromatic carboxylic acids is 1. The lowest BCUT2D eigenvalue weighted by Gasteiger charge is -2.26. The van der Waals surface area contributed by atoms with E-state index in [1.54, 1.807) is 25.1 Å². The molecule has 2 N–H and O–H groups in total. The van der Waals surface area contributed by atoms with Crippen molar-refractivity contribution < 1.29 is 23.1 Å². The molecule has 0 fully saturated rings. The van der Waals surface area contributed by atoms with Gasteiger partial charge in [0.2, 0.25) is 5.91 Å². The van der Waals surface area contributed by atoms with Gasteiger partial charge in [-0.1, -0.05) is 29.3 Å². The second-order valence-electron chi connectivity index (χ2n) is 6.73. The number of carboxylic acid groups (broad SMARTS) is 1. The Labute approximate surface area is 199 Å². The molecule has 0 aliphatic carbocycles. The molecule has 0 aliphatic rings. The normalized spacial score (nSPS) is 11.2. The third-order valence-electron chi connectivity index (χ3n) is 4.56. The third kappa shape index (κ3) is 5.42. The predicted octanol–water partition coefficient (Wildman–Crippen LogP) is 4.57. The second-order valence-corrected chi connectivity index (χ2v) is 10.4. The Morgan fingerprint density at radius 3 is 2.44 bits per heavy atom. The van der Waals surface area contributed by atoms with Crippen LogP contribution in [0.3, 0.4) is 0 Å². The van der Waals surface area contributed by atoms with Crippen molar-refractivity contribution in [2.45, 2.75) is 18.4 Å². The fraction of sp³-hybridized carbons (Fsp3) is 0.143. The van der Waals surface area contributed by atoms with Gasteiger partial charge in [-0.25, -0.2) is 13.2 Å². The number of hydrogen-bond donors (Lipinski definition) is 2. The van der Waals surface area contributed by atoms with Crippen LogP contribution in [0.25, 0.3) is 0 Å². The van der Waals surface area contributed by atoms with Gasteiger partial charge in [0, 0.05) is 20.3 Å². The van der Waals surface area contributed by atoms with Crippen molar-refractivity contribution >= 4 is 62.1 Å². The van der Waals surface area contributed by atoms with Crippen molar-refractivity contribution in [2.75, 3.05) is 10.8 Å². The highest BCUT2D eigenvalue weighted by atomic mass is 35.5. The number of halogens is 2. The first-order valence-corrected chi connectivity index (χ1v) is 12.3. The molecule has 7 nitrogen and oxygen atoms in total. The first kappa shape index (κ1) is 24.1. The molecule has 0 radical (unpaired) electrons. The van der Waals surface area contributed by atoms with Crippen molar-refractivity contribution in [1.29, 1.82) is 0 Å². The smallest absolute Gasteiger partial charge is 0.336 e. The molecule has 1 amide bonds. The number of amides is 1. The number of hydrogen-bond acceptors (Lipinski definition) is 5. The molecule has 3 aromatic rings. The van der Waals surface area contributed by atoms with E-state index in [0.29, 0.717) is 20.5 Å². The number of anilines is 1. The summed E-state index contributed by atoms with van der Waals surface area (Å²) in [6.45, 7) is 1.24. The first-order chi connectivity index (χ1) is 15.1. The molecule has 0 spiro atoms. The number of carboxylic acids is 1. The lowest BCUT2D eigenvalue weighted by molar-refractivity contribution is -0.119. The molecular formula is C21H18Cl2N2O5S2. The Bertz CT molecular complexity index is 1260. The van der Waals surface area contributed by atoms with Crippen LogP contribution in [0.1, 0.15) is 20.8 Å². The first-order valence-electron chi connectivity index (χ1n) is 9.20. The highest BCUT2D eigenvalue weighted by molar-refractivity contribution is 7.92. The van der Waals surface area contributed by atoms with E-state index in [1.165, 1.54) is 47.0 Å². The average Bonchev–Trinajstić information content (AvgIpc) is 3.22. The minimum absolute atomic E-state index is 0.0292. The lowest BCUT2D eigenvalue weighted by atomic mass is 10.2. The standard InChI is InChI=1S/C21H18Cl2N2O5S2/c1-13-18(23)3-2-4-19(13)25(32(29,30)17-7-5-15(22)6-8-17)11-20(26)24-10-16-9-14(12-31-16)21(27)28/h2-9,12H,10-11H2,1H3,(H,24,26)(H,27,28). The van der Waals surface area contributed by atoms with Gasteiger partial charge >= 0.3 is 5.97 Å². The van der Waals surface area contributed by atoms with Gasteiger partial charge in [0.25, 0.3) is 10.0 Å². The van der Waals surface area contributed by atoms with Gasteiger partial charge in [-0.15, -0.1) is 11.3 Å². The van der Waals surface area contributed by atoms with Gasteiger partial charge in [-0.3, -0.25) is 9.10 Å². The van der Waals surface area contributed by atoms with Gasteiger partial charge in [-0.05, 0) is 55.0 Å². The summed E-state index contributed by atoms with van der Waals surface area (Å²) < 4.78 is 27.8. The third-order valence-corrected chi connectivity index (χ3v) is 7.93. The van der Waals surface area contributed by atoms with Crippen molar-refractivity contribution in [3.8, 4) is 0 Å². The van der Waals surface area contributed by atoms with Crippen molar-refractivity contribution in [1.82, 2.24) is 5.32 Å². The monoisotopic (exact) mass is 512 g/mol. The Hall–Kier alpha value is -2.59. The summed E-state index contributed by atoms with van der Waals surface area (Å²) in [5, 5.41) is 13.9. The van der Waals surface area contributed by atoms with Crippen LogP contribution < -0.4 is 9.62 Å². The highest BCUT2D eigenvalue weighted by Gasteiger charge is 2.28. The molecule has 0 aliphatic heterocycles.